The molecule has 0 aromatic carbocycles. The van der Waals surface area contributed by atoms with Crippen LogP contribution in [0.4, 0.5) is 0 Å². The first-order chi connectivity index (χ1) is 17.2. The van der Waals surface area contributed by atoms with E-state index in [1.807, 2.05) is 0 Å². The summed E-state index contributed by atoms with van der Waals surface area (Å²) in [7, 11) is -1.95. The lowest BCUT2D eigenvalue weighted by atomic mass is 9.50. The van der Waals surface area contributed by atoms with Gasteiger partial charge in [0.2, 0.25) is 0 Å². The minimum Gasteiger partial charge on any atom is -0.462 e. The standard InChI is InChI=1S/C28H49N3O5Si/c1-19(32)35-24-17-20(36-37(7,8)25(2,3)4)9-12-26(24,5)22-10-13-27(6)23(21(22)18-30-31-29)11-14-28(27)33-15-16-34-28/h20-24H,9-18H2,1-8H3/t20-,21+,22?,23?,24-,26+,27-/m0/s1. The van der Waals surface area contributed by atoms with E-state index in [1.165, 1.54) is 6.92 Å². The highest BCUT2D eigenvalue weighted by Gasteiger charge is 2.66. The topological polar surface area (TPSA) is 103 Å². The number of nitrogens with zero attached hydrogens (tertiary/aromatic N) is 3. The lowest BCUT2D eigenvalue weighted by molar-refractivity contribution is -0.245. The molecular formula is C28H49N3O5Si. The maximum absolute atomic E-state index is 12.3. The molecule has 9 heteroatoms. The average molecular weight is 536 g/mol. The Bertz CT molecular complexity index is 910. The Morgan fingerprint density at radius 1 is 1.08 bits per heavy atom. The second-order valence-electron chi connectivity index (χ2n) is 14.1. The summed E-state index contributed by atoms with van der Waals surface area (Å²) in [6.45, 7) is 19.3. The van der Waals surface area contributed by atoms with E-state index in [0.717, 1.165) is 44.9 Å². The second kappa shape index (κ2) is 10.1. The summed E-state index contributed by atoms with van der Waals surface area (Å²) in [5.74, 6) is 0.0747. The van der Waals surface area contributed by atoms with E-state index >= 15 is 0 Å². The predicted octanol–water partition coefficient (Wildman–Crippen LogP) is 6.99. The fraction of sp³-hybridized carbons (Fsp3) is 0.964. The first kappa shape index (κ1) is 28.9. The summed E-state index contributed by atoms with van der Waals surface area (Å²) in [5.41, 5.74) is 8.96. The highest BCUT2D eigenvalue weighted by Crippen LogP contribution is 2.66. The number of ether oxygens (including phenoxy) is 3. The van der Waals surface area contributed by atoms with E-state index in [4.69, 9.17) is 18.6 Å². The zero-order valence-electron chi connectivity index (χ0n) is 24.3. The van der Waals surface area contributed by atoms with Gasteiger partial charge < -0.3 is 18.6 Å². The zero-order chi connectivity index (χ0) is 27.3. The molecule has 1 saturated heterocycles. The first-order valence-electron chi connectivity index (χ1n) is 14.3. The van der Waals surface area contributed by atoms with Crippen LogP contribution in [0, 0.1) is 28.6 Å². The number of carbonyl (C=O) groups excluding carboxylic acids is 1. The summed E-state index contributed by atoms with van der Waals surface area (Å²) < 4.78 is 25.5. The van der Waals surface area contributed by atoms with Crippen LogP contribution in [0.25, 0.3) is 10.4 Å². The maximum Gasteiger partial charge on any atom is 0.302 e. The van der Waals surface area contributed by atoms with E-state index in [0.29, 0.717) is 25.7 Å². The molecule has 0 bridgehead atoms. The van der Waals surface area contributed by atoms with E-state index in [9.17, 15) is 10.3 Å². The summed E-state index contributed by atoms with van der Waals surface area (Å²) in [5, 5.41) is 4.25. The number of azide groups is 1. The molecular weight excluding hydrogens is 486 g/mol. The first-order valence-corrected chi connectivity index (χ1v) is 17.2. The van der Waals surface area contributed by atoms with E-state index in [1.54, 1.807) is 0 Å². The fourth-order valence-electron chi connectivity index (χ4n) is 8.14. The van der Waals surface area contributed by atoms with Gasteiger partial charge in [0, 0.05) is 48.2 Å². The van der Waals surface area contributed by atoms with Gasteiger partial charge in [-0.25, -0.2) is 0 Å². The molecule has 4 rings (SSSR count). The highest BCUT2D eigenvalue weighted by atomic mass is 28.4. The predicted molar refractivity (Wildman–Crippen MR) is 145 cm³/mol. The number of carbonyl (C=O) groups is 1. The van der Waals surface area contributed by atoms with E-state index < -0.39 is 14.1 Å². The number of esters is 1. The lowest BCUT2D eigenvalue weighted by Crippen LogP contribution is -2.58. The van der Waals surface area contributed by atoms with Gasteiger partial charge in [0.05, 0.1) is 13.2 Å². The summed E-state index contributed by atoms with van der Waals surface area (Å²) >= 11 is 0. The molecule has 0 amide bonds. The van der Waals surface area contributed by atoms with Crippen LogP contribution < -0.4 is 0 Å². The highest BCUT2D eigenvalue weighted by molar-refractivity contribution is 6.74. The molecule has 0 radical (unpaired) electrons. The van der Waals surface area contributed by atoms with Crippen LogP contribution in [0.15, 0.2) is 5.11 Å². The Kier molecular flexibility index (Phi) is 7.90. The third kappa shape index (κ3) is 4.99. The molecule has 7 atom stereocenters. The summed E-state index contributed by atoms with van der Waals surface area (Å²) in [6, 6.07) is 0. The molecule has 0 N–H and O–H groups in total. The van der Waals surface area contributed by atoms with Crippen molar-refractivity contribution < 1.29 is 23.4 Å². The van der Waals surface area contributed by atoms with Crippen LogP contribution in [-0.4, -0.2) is 52.0 Å². The molecule has 0 aromatic heterocycles. The molecule has 3 aliphatic carbocycles. The Labute approximate surface area is 224 Å². The molecule has 1 aliphatic heterocycles. The largest absolute Gasteiger partial charge is 0.462 e. The van der Waals surface area contributed by atoms with Gasteiger partial charge >= 0.3 is 5.97 Å². The van der Waals surface area contributed by atoms with Crippen molar-refractivity contribution in [1.29, 1.82) is 0 Å². The van der Waals surface area contributed by atoms with Gasteiger partial charge in [-0.3, -0.25) is 4.79 Å². The Morgan fingerprint density at radius 3 is 2.32 bits per heavy atom. The number of hydrogen-bond donors (Lipinski definition) is 0. The number of rotatable bonds is 6. The molecule has 37 heavy (non-hydrogen) atoms. The molecule has 1 spiro atoms. The molecule has 4 fully saturated rings. The van der Waals surface area contributed by atoms with Gasteiger partial charge in [-0.15, -0.1) is 0 Å². The Balaban J connectivity index is 1.62. The monoisotopic (exact) mass is 535 g/mol. The minimum atomic E-state index is -1.95. The zero-order valence-corrected chi connectivity index (χ0v) is 25.3. The lowest BCUT2D eigenvalue weighted by Gasteiger charge is -2.58. The molecule has 0 aromatic rings. The normalized spacial score (nSPS) is 39.7. The number of fused-ring (bicyclic) bond motifs is 2. The van der Waals surface area contributed by atoms with Gasteiger partial charge in [0.1, 0.15) is 6.10 Å². The van der Waals surface area contributed by atoms with Crippen LogP contribution in [0.3, 0.4) is 0 Å². The van der Waals surface area contributed by atoms with Crippen molar-refractivity contribution in [3.8, 4) is 0 Å². The Morgan fingerprint density at radius 2 is 1.73 bits per heavy atom. The van der Waals surface area contributed by atoms with Crippen LogP contribution in [0.5, 0.6) is 0 Å². The average Bonchev–Trinajstić information content (AvgIpc) is 3.39. The van der Waals surface area contributed by atoms with Gasteiger partial charge in [-0.05, 0) is 73.5 Å². The van der Waals surface area contributed by atoms with Crippen molar-refractivity contribution in [1.82, 2.24) is 0 Å². The smallest absolute Gasteiger partial charge is 0.302 e. The van der Waals surface area contributed by atoms with Gasteiger partial charge in [-0.2, -0.15) is 0 Å². The van der Waals surface area contributed by atoms with Crippen molar-refractivity contribution in [2.45, 2.75) is 123 Å². The van der Waals surface area contributed by atoms with Gasteiger partial charge in [0.15, 0.2) is 14.1 Å². The molecule has 210 valence electrons. The van der Waals surface area contributed by atoms with Crippen LogP contribution in [0.1, 0.15) is 86.5 Å². The quantitative estimate of drug-likeness (QED) is 0.120. The van der Waals surface area contributed by atoms with E-state index in [-0.39, 0.29) is 45.9 Å². The third-order valence-corrected chi connectivity index (χ3v) is 15.8. The van der Waals surface area contributed by atoms with Crippen LogP contribution in [-0.2, 0) is 23.4 Å². The van der Waals surface area contributed by atoms with Crippen molar-refractivity contribution >= 4 is 14.3 Å². The van der Waals surface area contributed by atoms with Gasteiger partial charge in [0.25, 0.3) is 0 Å². The Hall–Kier alpha value is -1.12. The van der Waals surface area contributed by atoms with Crippen molar-refractivity contribution in [2.24, 2.45) is 33.7 Å². The van der Waals surface area contributed by atoms with Crippen molar-refractivity contribution in [3.63, 3.8) is 0 Å². The molecule has 4 aliphatic rings. The van der Waals surface area contributed by atoms with Gasteiger partial charge in [-0.1, -0.05) is 39.7 Å². The summed E-state index contributed by atoms with van der Waals surface area (Å²) in [4.78, 5) is 15.5. The van der Waals surface area contributed by atoms with Crippen LogP contribution in [0.2, 0.25) is 18.1 Å². The van der Waals surface area contributed by atoms with Crippen molar-refractivity contribution in [3.05, 3.63) is 10.4 Å². The summed E-state index contributed by atoms with van der Waals surface area (Å²) in [6.07, 6.45) is 6.38. The molecule has 8 nitrogen and oxygen atoms in total. The maximum atomic E-state index is 12.3. The third-order valence-electron chi connectivity index (χ3n) is 11.2. The van der Waals surface area contributed by atoms with E-state index in [2.05, 4.69) is 57.7 Å². The SMILES string of the molecule is CC(=O)O[C@H]1C[C@@H](O[Si](C)(C)C(C)(C)C)CC[C@]1(C)C1CC[C@@]2(C)C(CCC23OCCO3)[C@@H]1CN=[N+]=[N-]. The second-order valence-corrected chi connectivity index (χ2v) is 18.9. The molecule has 2 unspecified atom stereocenters. The number of hydrogen-bond acceptors (Lipinski definition) is 6. The fourth-order valence-corrected chi connectivity index (χ4v) is 9.54. The molecule has 1 heterocycles. The van der Waals surface area contributed by atoms with Crippen molar-refractivity contribution in [2.75, 3.05) is 19.8 Å². The minimum absolute atomic E-state index is 0.0952. The van der Waals surface area contributed by atoms with Crippen LogP contribution >= 0.6 is 0 Å². The molecule has 3 saturated carbocycles.